The van der Waals surface area contributed by atoms with E-state index >= 15 is 0 Å². The van der Waals surface area contributed by atoms with Gasteiger partial charge in [0.2, 0.25) is 16.0 Å². The van der Waals surface area contributed by atoms with Crippen LogP contribution in [-0.2, 0) is 20.0 Å². The van der Waals surface area contributed by atoms with Crippen LogP contribution in [0.2, 0.25) is 5.02 Å². The Hall–Kier alpha value is -2.30. The van der Waals surface area contributed by atoms with Crippen LogP contribution in [0.1, 0.15) is 13.8 Å². The minimum absolute atomic E-state index is 0.0702. The fourth-order valence-corrected chi connectivity index (χ4v) is 5.21. The molecule has 0 fully saturated rings. The summed E-state index contributed by atoms with van der Waals surface area (Å²) in [6.07, 6.45) is 0. The molecule has 0 unspecified atom stereocenters. The number of fused-ring (bicyclic) bond motifs is 1. The Morgan fingerprint density at radius 2 is 1.78 bits per heavy atom. The molecule has 0 saturated heterocycles. The first-order chi connectivity index (χ1) is 12.5. The zero-order chi connectivity index (χ0) is 20.0. The summed E-state index contributed by atoms with van der Waals surface area (Å²) >= 11 is 5.96. The third-order valence-corrected chi connectivity index (χ3v) is 7.83. The first-order valence-electron chi connectivity index (χ1n) is 7.84. The van der Waals surface area contributed by atoms with E-state index in [0.29, 0.717) is 0 Å². The number of hydrogen-bond acceptors (Lipinski definition) is 6. The quantitative estimate of drug-likeness (QED) is 0.643. The number of nitrogens with two attached hydrogens (primary N) is 1. The average Bonchev–Trinajstić information content (AvgIpc) is 2.90. The minimum atomic E-state index is -3.92. The number of rotatable bonds is 5. The Labute approximate surface area is 162 Å². The van der Waals surface area contributed by atoms with Crippen LogP contribution in [0.5, 0.6) is 0 Å². The molecule has 27 heavy (non-hydrogen) atoms. The van der Waals surface area contributed by atoms with Crippen molar-refractivity contribution >= 4 is 54.3 Å². The maximum atomic E-state index is 12.5. The highest BCUT2D eigenvalue weighted by molar-refractivity contribution is 7.92. The normalized spacial score (nSPS) is 12.6. The van der Waals surface area contributed by atoms with Crippen molar-refractivity contribution in [1.29, 1.82) is 0 Å². The molecule has 1 heterocycles. The molecule has 3 N–H and O–H groups in total. The van der Waals surface area contributed by atoms with Crippen LogP contribution in [0.25, 0.3) is 11.0 Å². The smallest absolute Gasteiger partial charge is 0.263 e. The lowest BCUT2D eigenvalue weighted by atomic mass is 10.3. The first kappa shape index (κ1) is 19.5. The number of imidazole rings is 1. The molecule has 0 saturated carbocycles. The minimum Gasteiger partial charge on any atom is -0.368 e. The van der Waals surface area contributed by atoms with Crippen LogP contribution in [0.3, 0.4) is 0 Å². The molecule has 0 radical (unpaired) electrons. The van der Waals surface area contributed by atoms with Crippen molar-refractivity contribution < 1.29 is 16.8 Å². The highest BCUT2D eigenvalue weighted by atomic mass is 35.5. The zero-order valence-electron chi connectivity index (χ0n) is 14.4. The van der Waals surface area contributed by atoms with Crippen LogP contribution in [0.15, 0.2) is 47.4 Å². The summed E-state index contributed by atoms with van der Waals surface area (Å²) in [7, 11) is -7.64. The number of halogens is 1. The molecule has 3 rings (SSSR count). The Bertz CT molecular complexity index is 1230. The van der Waals surface area contributed by atoms with Gasteiger partial charge >= 0.3 is 0 Å². The van der Waals surface area contributed by atoms with E-state index in [1.165, 1.54) is 44.2 Å². The van der Waals surface area contributed by atoms with E-state index in [2.05, 4.69) is 9.71 Å². The molecule has 0 aliphatic heterocycles. The predicted molar refractivity (Wildman–Crippen MR) is 106 cm³/mol. The summed E-state index contributed by atoms with van der Waals surface area (Å²) in [6, 6.07) is 10.3. The maximum Gasteiger partial charge on any atom is 0.263 e. The largest absolute Gasteiger partial charge is 0.368 e. The number of aromatic nitrogens is 2. The molecule has 11 heteroatoms. The summed E-state index contributed by atoms with van der Waals surface area (Å²) in [6.45, 7) is 3.07. The van der Waals surface area contributed by atoms with Gasteiger partial charge in [-0.3, -0.25) is 4.72 Å². The van der Waals surface area contributed by atoms with Gasteiger partial charge in [-0.1, -0.05) is 23.7 Å². The number of sulfonamides is 1. The molecule has 3 aromatic rings. The Morgan fingerprint density at radius 1 is 1.11 bits per heavy atom. The number of hydrogen-bond donors (Lipinski definition) is 2. The molecule has 0 amide bonds. The van der Waals surface area contributed by atoms with Gasteiger partial charge in [0.25, 0.3) is 10.0 Å². The fourth-order valence-electron chi connectivity index (χ4n) is 2.49. The van der Waals surface area contributed by atoms with Crippen molar-refractivity contribution in [3.63, 3.8) is 0 Å². The summed E-state index contributed by atoms with van der Waals surface area (Å²) < 4.78 is 53.4. The van der Waals surface area contributed by atoms with E-state index in [-0.39, 0.29) is 32.6 Å². The molecule has 8 nitrogen and oxygen atoms in total. The number of nitrogen functional groups attached to an aromatic ring is 1. The zero-order valence-corrected chi connectivity index (χ0v) is 16.8. The molecular weight excluding hydrogens is 412 g/mol. The van der Waals surface area contributed by atoms with E-state index in [0.717, 1.165) is 3.97 Å². The van der Waals surface area contributed by atoms with E-state index < -0.39 is 25.3 Å². The predicted octanol–water partition coefficient (Wildman–Crippen LogP) is 2.66. The van der Waals surface area contributed by atoms with Gasteiger partial charge in [-0.15, -0.1) is 0 Å². The van der Waals surface area contributed by atoms with E-state index in [9.17, 15) is 16.8 Å². The average molecular weight is 429 g/mol. The number of anilines is 2. The van der Waals surface area contributed by atoms with Crippen LogP contribution in [0, 0.1) is 0 Å². The van der Waals surface area contributed by atoms with E-state index in [1.807, 2.05) is 0 Å². The van der Waals surface area contributed by atoms with Crippen LogP contribution < -0.4 is 10.5 Å². The summed E-state index contributed by atoms with van der Waals surface area (Å²) in [5.41, 5.74) is 6.50. The standard InChI is InChI=1S/C16H17ClN4O4S2/c1-10(2)27(24,25)21-14-8-7-11(9-13(14)19-16(21)18)20-26(22,23)15-6-4-3-5-12(15)17/h3-10,20H,1-2H3,(H2,18,19). The van der Waals surface area contributed by atoms with Gasteiger partial charge in [-0.2, -0.15) is 0 Å². The van der Waals surface area contributed by atoms with Crippen molar-refractivity contribution in [3.8, 4) is 0 Å². The summed E-state index contributed by atoms with van der Waals surface area (Å²) in [5, 5.41) is -0.613. The van der Waals surface area contributed by atoms with Crippen molar-refractivity contribution in [3.05, 3.63) is 47.5 Å². The molecule has 0 spiro atoms. The third kappa shape index (κ3) is 3.47. The summed E-state index contributed by atoms with van der Waals surface area (Å²) in [4.78, 5) is 3.97. The maximum absolute atomic E-state index is 12.5. The fraction of sp³-hybridized carbons (Fsp3) is 0.188. The Morgan fingerprint density at radius 3 is 2.41 bits per heavy atom. The molecule has 0 aliphatic carbocycles. The van der Waals surface area contributed by atoms with Crippen LogP contribution >= 0.6 is 11.6 Å². The number of nitrogens with zero attached hydrogens (tertiary/aromatic N) is 2. The van der Waals surface area contributed by atoms with E-state index in [4.69, 9.17) is 17.3 Å². The van der Waals surface area contributed by atoms with Crippen molar-refractivity contribution in [1.82, 2.24) is 8.96 Å². The third-order valence-electron chi connectivity index (χ3n) is 3.87. The topological polar surface area (TPSA) is 124 Å². The molecule has 1 aromatic heterocycles. The van der Waals surface area contributed by atoms with Gasteiger partial charge in [-0.05, 0) is 44.2 Å². The van der Waals surface area contributed by atoms with E-state index in [1.54, 1.807) is 12.1 Å². The van der Waals surface area contributed by atoms with Gasteiger partial charge in [0.05, 0.1) is 27.0 Å². The highest BCUT2D eigenvalue weighted by Crippen LogP contribution is 2.27. The lowest BCUT2D eigenvalue weighted by molar-refractivity contribution is 0.580. The molecule has 0 aliphatic rings. The molecule has 0 atom stereocenters. The van der Waals surface area contributed by atoms with Crippen molar-refractivity contribution in [2.45, 2.75) is 24.0 Å². The van der Waals surface area contributed by atoms with Crippen LogP contribution in [0.4, 0.5) is 11.6 Å². The van der Waals surface area contributed by atoms with Gasteiger partial charge in [0.1, 0.15) is 4.90 Å². The molecule has 144 valence electrons. The lowest BCUT2D eigenvalue weighted by Gasteiger charge is -2.12. The molecule has 2 aromatic carbocycles. The SMILES string of the molecule is CC(C)S(=O)(=O)n1c(N)nc2cc(NS(=O)(=O)c3ccccc3Cl)ccc21. The number of benzene rings is 2. The number of nitrogens with one attached hydrogen (secondary N) is 1. The molecule has 0 bridgehead atoms. The molecular formula is C16H17ClN4O4S2. The van der Waals surface area contributed by atoms with Crippen molar-refractivity contribution in [2.24, 2.45) is 0 Å². The second-order valence-electron chi connectivity index (χ2n) is 6.07. The van der Waals surface area contributed by atoms with Gasteiger partial charge in [-0.25, -0.2) is 25.8 Å². The lowest BCUT2D eigenvalue weighted by Crippen LogP contribution is -2.23. The van der Waals surface area contributed by atoms with Gasteiger partial charge in [0, 0.05) is 0 Å². The first-order valence-corrected chi connectivity index (χ1v) is 11.2. The second kappa shape index (κ2) is 6.70. The van der Waals surface area contributed by atoms with Gasteiger partial charge < -0.3 is 5.73 Å². The monoisotopic (exact) mass is 428 g/mol. The summed E-state index contributed by atoms with van der Waals surface area (Å²) in [5.74, 6) is -0.190. The Balaban J connectivity index is 2.06. The highest BCUT2D eigenvalue weighted by Gasteiger charge is 2.25. The van der Waals surface area contributed by atoms with Crippen molar-refractivity contribution in [2.75, 3.05) is 10.5 Å². The van der Waals surface area contributed by atoms with Gasteiger partial charge in [0.15, 0.2) is 0 Å². The Kier molecular flexibility index (Phi) is 4.83. The van der Waals surface area contributed by atoms with Crippen LogP contribution in [-0.4, -0.2) is 31.0 Å². The second-order valence-corrected chi connectivity index (χ2v) is 10.5.